The molecule has 4 nitrogen and oxygen atoms in total. The molecule has 0 aliphatic carbocycles. The van der Waals surface area contributed by atoms with E-state index in [0.717, 1.165) is 16.4 Å². The van der Waals surface area contributed by atoms with E-state index >= 15 is 0 Å². The Morgan fingerprint density at radius 3 is 2.54 bits per heavy atom. The molecule has 0 aliphatic rings. The molecule has 0 amide bonds. The molecule has 2 aromatic heterocycles. The number of fused-ring (bicyclic) bond motifs is 1. The molecule has 0 unspecified atom stereocenters. The highest BCUT2D eigenvalue weighted by Crippen LogP contribution is 2.35. The summed E-state index contributed by atoms with van der Waals surface area (Å²) in [7, 11) is 0. The lowest BCUT2D eigenvalue weighted by Crippen LogP contribution is -2.07. The SMILES string of the molecule is CC(C)(C)c1cc2c(NN=Cc3c(F)cccc3F)ncnc2s1. The average Bonchev–Trinajstić information content (AvgIpc) is 2.95. The van der Waals surface area contributed by atoms with Gasteiger partial charge in [0.2, 0.25) is 0 Å². The van der Waals surface area contributed by atoms with E-state index in [1.54, 1.807) is 11.3 Å². The van der Waals surface area contributed by atoms with Crippen LogP contribution in [0.25, 0.3) is 10.2 Å². The summed E-state index contributed by atoms with van der Waals surface area (Å²) in [6.07, 6.45) is 2.54. The Kier molecular flexibility index (Phi) is 4.28. The third-order valence-electron chi connectivity index (χ3n) is 3.43. The molecule has 3 rings (SSSR count). The van der Waals surface area contributed by atoms with Crippen LogP contribution in [0.3, 0.4) is 0 Å². The number of halogens is 2. The zero-order chi connectivity index (χ0) is 17.3. The van der Waals surface area contributed by atoms with E-state index in [2.05, 4.69) is 41.3 Å². The Hall–Kier alpha value is -2.41. The highest BCUT2D eigenvalue weighted by molar-refractivity contribution is 7.18. The molecule has 0 atom stereocenters. The monoisotopic (exact) mass is 346 g/mol. The van der Waals surface area contributed by atoms with Gasteiger partial charge in [0.25, 0.3) is 0 Å². The van der Waals surface area contributed by atoms with E-state index in [1.165, 1.54) is 29.4 Å². The molecule has 0 saturated carbocycles. The first kappa shape index (κ1) is 16.4. The molecule has 2 heterocycles. The molecule has 0 bridgehead atoms. The number of benzene rings is 1. The van der Waals surface area contributed by atoms with Gasteiger partial charge >= 0.3 is 0 Å². The van der Waals surface area contributed by atoms with Crippen molar-refractivity contribution in [2.24, 2.45) is 5.10 Å². The summed E-state index contributed by atoms with van der Waals surface area (Å²) in [5.74, 6) is -0.836. The van der Waals surface area contributed by atoms with Gasteiger partial charge in [-0.25, -0.2) is 18.7 Å². The van der Waals surface area contributed by atoms with Crippen molar-refractivity contribution in [3.05, 3.63) is 52.7 Å². The van der Waals surface area contributed by atoms with Crippen LogP contribution in [0.1, 0.15) is 31.2 Å². The fraction of sp³-hybridized carbons (Fsp3) is 0.235. The smallest absolute Gasteiger partial charge is 0.158 e. The highest BCUT2D eigenvalue weighted by atomic mass is 32.1. The van der Waals surface area contributed by atoms with E-state index in [4.69, 9.17) is 0 Å². The zero-order valence-corrected chi connectivity index (χ0v) is 14.3. The molecule has 0 aliphatic heterocycles. The van der Waals surface area contributed by atoms with Crippen molar-refractivity contribution in [3.8, 4) is 0 Å². The summed E-state index contributed by atoms with van der Waals surface area (Å²) in [5.41, 5.74) is 2.55. The van der Waals surface area contributed by atoms with Gasteiger partial charge in [0, 0.05) is 4.88 Å². The Bertz CT molecular complexity index is 892. The van der Waals surface area contributed by atoms with Crippen molar-refractivity contribution in [1.82, 2.24) is 9.97 Å². The van der Waals surface area contributed by atoms with Gasteiger partial charge in [-0.1, -0.05) is 26.8 Å². The van der Waals surface area contributed by atoms with Crippen LogP contribution in [0.4, 0.5) is 14.6 Å². The summed E-state index contributed by atoms with van der Waals surface area (Å²) in [6.45, 7) is 6.37. The van der Waals surface area contributed by atoms with Crippen LogP contribution >= 0.6 is 11.3 Å². The van der Waals surface area contributed by atoms with Crippen molar-refractivity contribution < 1.29 is 8.78 Å². The van der Waals surface area contributed by atoms with Crippen molar-refractivity contribution in [3.63, 3.8) is 0 Å². The summed E-state index contributed by atoms with van der Waals surface area (Å²) < 4.78 is 27.2. The molecule has 0 radical (unpaired) electrons. The van der Waals surface area contributed by atoms with Crippen LogP contribution in [0.5, 0.6) is 0 Å². The number of hydrogen-bond donors (Lipinski definition) is 1. The van der Waals surface area contributed by atoms with Crippen molar-refractivity contribution >= 4 is 33.6 Å². The van der Waals surface area contributed by atoms with Crippen LogP contribution in [0.15, 0.2) is 35.7 Å². The minimum Gasteiger partial charge on any atom is -0.261 e. The van der Waals surface area contributed by atoms with Gasteiger partial charge in [-0.05, 0) is 23.6 Å². The van der Waals surface area contributed by atoms with Crippen LogP contribution in [-0.2, 0) is 5.41 Å². The topological polar surface area (TPSA) is 50.2 Å². The zero-order valence-electron chi connectivity index (χ0n) is 13.5. The van der Waals surface area contributed by atoms with Crippen molar-refractivity contribution in [2.45, 2.75) is 26.2 Å². The molecular weight excluding hydrogens is 330 g/mol. The van der Waals surface area contributed by atoms with E-state index in [0.29, 0.717) is 5.82 Å². The van der Waals surface area contributed by atoms with Gasteiger partial charge in [0.15, 0.2) is 5.82 Å². The molecule has 0 saturated heterocycles. The lowest BCUT2D eigenvalue weighted by Gasteiger charge is -2.14. The normalized spacial score (nSPS) is 12.2. The molecule has 1 N–H and O–H groups in total. The molecule has 3 aromatic rings. The summed E-state index contributed by atoms with van der Waals surface area (Å²) in [6, 6.07) is 5.69. The second-order valence-electron chi connectivity index (χ2n) is 6.31. The number of hydrogen-bond acceptors (Lipinski definition) is 5. The summed E-state index contributed by atoms with van der Waals surface area (Å²) in [5, 5.41) is 4.75. The fourth-order valence-corrected chi connectivity index (χ4v) is 3.16. The van der Waals surface area contributed by atoms with E-state index in [-0.39, 0.29) is 11.0 Å². The maximum atomic E-state index is 13.6. The van der Waals surface area contributed by atoms with Gasteiger partial charge in [-0.3, -0.25) is 5.43 Å². The minimum atomic E-state index is -0.668. The predicted molar refractivity (Wildman–Crippen MR) is 93.7 cm³/mol. The number of hydrazone groups is 1. The maximum absolute atomic E-state index is 13.6. The molecule has 1 aromatic carbocycles. The first-order valence-corrected chi connectivity index (χ1v) is 8.16. The molecule has 0 spiro atoms. The number of aromatic nitrogens is 2. The van der Waals surface area contributed by atoms with Crippen molar-refractivity contribution in [1.29, 1.82) is 0 Å². The van der Waals surface area contributed by atoms with Crippen molar-refractivity contribution in [2.75, 3.05) is 5.43 Å². The number of nitrogens with zero attached hydrogens (tertiary/aromatic N) is 3. The quantitative estimate of drug-likeness (QED) is 0.552. The number of rotatable bonds is 3. The maximum Gasteiger partial charge on any atom is 0.158 e. The first-order chi connectivity index (χ1) is 11.4. The Labute approximate surface area is 142 Å². The van der Waals surface area contributed by atoms with Crippen LogP contribution in [0.2, 0.25) is 0 Å². The van der Waals surface area contributed by atoms with Crippen LogP contribution in [0, 0.1) is 11.6 Å². The Morgan fingerprint density at radius 1 is 1.17 bits per heavy atom. The molecular formula is C17H16F2N4S. The molecule has 7 heteroatoms. The van der Waals surface area contributed by atoms with Gasteiger partial charge in [-0.15, -0.1) is 11.3 Å². The van der Waals surface area contributed by atoms with Crippen LogP contribution in [-0.4, -0.2) is 16.2 Å². The number of nitrogens with one attached hydrogen (secondary N) is 1. The lowest BCUT2D eigenvalue weighted by atomic mass is 9.94. The van der Waals surface area contributed by atoms with E-state index in [9.17, 15) is 8.78 Å². The molecule has 124 valence electrons. The summed E-state index contributed by atoms with van der Waals surface area (Å²) >= 11 is 1.59. The fourth-order valence-electron chi connectivity index (χ4n) is 2.11. The van der Waals surface area contributed by atoms with Gasteiger partial charge in [-0.2, -0.15) is 5.10 Å². The second-order valence-corrected chi connectivity index (χ2v) is 7.34. The van der Waals surface area contributed by atoms with E-state index in [1.807, 2.05) is 6.07 Å². The Morgan fingerprint density at radius 2 is 1.88 bits per heavy atom. The second kappa shape index (κ2) is 6.24. The van der Waals surface area contributed by atoms with Gasteiger partial charge in [0.05, 0.1) is 17.2 Å². The molecule has 24 heavy (non-hydrogen) atoms. The first-order valence-electron chi connectivity index (χ1n) is 7.34. The molecule has 0 fully saturated rings. The van der Waals surface area contributed by atoms with Crippen LogP contribution < -0.4 is 5.43 Å². The average molecular weight is 346 g/mol. The number of thiophene rings is 1. The van der Waals surface area contributed by atoms with E-state index < -0.39 is 11.6 Å². The number of anilines is 1. The third kappa shape index (κ3) is 3.26. The largest absolute Gasteiger partial charge is 0.261 e. The minimum absolute atomic E-state index is 0.00218. The lowest BCUT2D eigenvalue weighted by molar-refractivity contribution is 0.580. The highest BCUT2D eigenvalue weighted by Gasteiger charge is 2.18. The van der Waals surface area contributed by atoms with Gasteiger partial charge < -0.3 is 0 Å². The summed E-state index contributed by atoms with van der Waals surface area (Å²) in [4.78, 5) is 10.4. The van der Waals surface area contributed by atoms with Gasteiger partial charge in [0.1, 0.15) is 22.8 Å². The standard InChI is InChI=1S/C17H16F2N4S/c1-17(2,3)14-7-10-15(20-9-21-16(10)24-14)23-22-8-11-12(18)5-4-6-13(11)19/h4-9H,1-3H3,(H,20,21,23). The third-order valence-corrected chi connectivity index (χ3v) is 4.90. The predicted octanol–water partition coefficient (Wildman–Crippen LogP) is 4.71. The Balaban J connectivity index is 1.90.